The van der Waals surface area contributed by atoms with Crippen molar-refractivity contribution in [1.82, 2.24) is 19.3 Å². The van der Waals surface area contributed by atoms with E-state index in [9.17, 15) is 0 Å². The predicted octanol–water partition coefficient (Wildman–Crippen LogP) is 3.45. The Morgan fingerprint density at radius 3 is 2.81 bits per heavy atom. The van der Waals surface area contributed by atoms with Crippen LogP contribution in [0, 0.1) is 0 Å². The van der Waals surface area contributed by atoms with Crippen LogP contribution in [0.4, 0.5) is 0 Å². The second-order valence-corrected chi connectivity index (χ2v) is 5.84. The van der Waals surface area contributed by atoms with Gasteiger partial charge in [0.25, 0.3) is 0 Å². The highest BCUT2D eigenvalue weighted by Crippen LogP contribution is 2.22. The van der Waals surface area contributed by atoms with Gasteiger partial charge in [0, 0.05) is 37.1 Å². The van der Waals surface area contributed by atoms with Crippen molar-refractivity contribution in [2.24, 2.45) is 7.05 Å². The SMILES string of the molecule is Cn1cc(CCn2c(CCCl)nc3ccc(Cl)cc32)cn1. The second-order valence-electron chi connectivity index (χ2n) is 5.02. The van der Waals surface area contributed by atoms with Gasteiger partial charge in [-0.2, -0.15) is 5.10 Å². The van der Waals surface area contributed by atoms with Crippen molar-refractivity contribution in [1.29, 1.82) is 0 Å². The molecular formula is C15H16Cl2N4. The van der Waals surface area contributed by atoms with Crippen molar-refractivity contribution in [3.05, 3.63) is 47.0 Å². The van der Waals surface area contributed by atoms with Crippen LogP contribution in [-0.4, -0.2) is 25.2 Å². The number of aryl methyl sites for hydroxylation is 4. The monoisotopic (exact) mass is 322 g/mol. The third kappa shape index (κ3) is 3.06. The summed E-state index contributed by atoms with van der Waals surface area (Å²) in [6.45, 7) is 0.842. The minimum atomic E-state index is 0.559. The van der Waals surface area contributed by atoms with Crippen LogP contribution in [0.2, 0.25) is 5.02 Å². The third-order valence-corrected chi connectivity index (χ3v) is 3.91. The largest absolute Gasteiger partial charge is 0.328 e. The summed E-state index contributed by atoms with van der Waals surface area (Å²) in [5.74, 6) is 1.57. The first kappa shape index (κ1) is 14.4. The Bertz CT molecular complexity index is 760. The highest BCUT2D eigenvalue weighted by Gasteiger charge is 2.11. The highest BCUT2D eigenvalue weighted by atomic mass is 35.5. The van der Waals surface area contributed by atoms with E-state index in [0.717, 1.165) is 41.3 Å². The maximum absolute atomic E-state index is 6.12. The zero-order chi connectivity index (χ0) is 14.8. The zero-order valence-corrected chi connectivity index (χ0v) is 13.3. The highest BCUT2D eigenvalue weighted by molar-refractivity contribution is 6.31. The van der Waals surface area contributed by atoms with Gasteiger partial charge in [-0.15, -0.1) is 11.6 Å². The van der Waals surface area contributed by atoms with Gasteiger partial charge in [0.15, 0.2) is 0 Å². The van der Waals surface area contributed by atoms with E-state index in [1.54, 1.807) is 0 Å². The van der Waals surface area contributed by atoms with Crippen molar-refractivity contribution in [2.45, 2.75) is 19.4 Å². The first-order valence-corrected chi connectivity index (χ1v) is 7.77. The molecule has 0 fully saturated rings. The normalized spacial score (nSPS) is 11.4. The quantitative estimate of drug-likeness (QED) is 0.674. The van der Waals surface area contributed by atoms with E-state index in [-0.39, 0.29) is 0 Å². The summed E-state index contributed by atoms with van der Waals surface area (Å²) < 4.78 is 4.02. The lowest BCUT2D eigenvalue weighted by Gasteiger charge is -2.07. The summed E-state index contributed by atoms with van der Waals surface area (Å²) in [7, 11) is 1.93. The van der Waals surface area contributed by atoms with Crippen molar-refractivity contribution in [3.63, 3.8) is 0 Å². The van der Waals surface area contributed by atoms with E-state index in [1.807, 2.05) is 42.3 Å². The minimum Gasteiger partial charge on any atom is -0.328 e. The van der Waals surface area contributed by atoms with Crippen LogP contribution >= 0.6 is 23.2 Å². The van der Waals surface area contributed by atoms with Crippen molar-refractivity contribution >= 4 is 34.2 Å². The molecule has 2 heterocycles. The van der Waals surface area contributed by atoms with Gasteiger partial charge < -0.3 is 4.57 Å². The summed E-state index contributed by atoms with van der Waals surface area (Å²) in [5.41, 5.74) is 3.23. The number of nitrogens with zero attached hydrogens (tertiary/aromatic N) is 4. The fourth-order valence-electron chi connectivity index (χ4n) is 2.51. The van der Waals surface area contributed by atoms with E-state index in [0.29, 0.717) is 5.88 Å². The van der Waals surface area contributed by atoms with Gasteiger partial charge in [-0.05, 0) is 30.2 Å². The number of aromatic nitrogens is 4. The number of imidazole rings is 1. The van der Waals surface area contributed by atoms with Gasteiger partial charge in [-0.3, -0.25) is 4.68 Å². The molecule has 0 aliphatic heterocycles. The molecule has 2 aromatic heterocycles. The summed E-state index contributed by atoms with van der Waals surface area (Å²) in [6, 6.07) is 5.79. The fraction of sp³-hybridized carbons (Fsp3) is 0.333. The van der Waals surface area contributed by atoms with Crippen molar-refractivity contribution in [3.8, 4) is 0 Å². The molecule has 0 radical (unpaired) electrons. The smallest absolute Gasteiger partial charge is 0.111 e. The Morgan fingerprint density at radius 1 is 1.24 bits per heavy atom. The Kier molecular flexibility index (Phi) is 4.17. The van der Waals surface area contributed by atoms with E-state index in [1.165, 1.54) is 5.56 Å². The third-order valence-electron chi connectivity index (χ3n) is 3.49. The van der Waals surface area contributed by atoms with Crippen LogP contribution in [0.3, 0.4) is 0 Å². The summed E-state index contributed by atoms with van der Waals surface area (Å²) >= 11 is 12.0. The minimum absolute atomic E-state index is 0.559. The maximum atomic E-state index is 6.12. The number of rotatable bonds is 5. The molecule has 0 saturated carbocycles. The summed E-state index contributed by atoms with van der Waals surface area (Å²) in [5, 5.41) is 4.93. The van der Waals surface area contributed by atoms with E-state index in [2.05, 4.69) is 14.6 Å². The zero-order valence-electron chi connectivity index (χ0n) is 11.8. The maximum Gasteiger partial charge on any atom is 0.111 e. The number of fused-ring (bicyclic) bond motifs is 1. The number of hydrogen-bond donors (Lipinski definition) is 0. The van der Waals surface area contributed by atoms with Crippen molar-refractivity contribution < 1.29 is 0 Å². The molecule has 0 amide bonds. The molecule has 0 saturated heterocycles. The molecule has 0 aliphatic rings. The van der Waals surface area contributed by atoms with Crippen LogP contribution < -0.4 is 0 Å². The average molecular weight is 323 g/mol. The van der Waals surface area contributed by atoms with Gasteiger partial charge in [0.2, 0.25) is 0 Å². The molecule has 3 aromatic rings. The molecule has 3 rings (SSSR count). The molecule has 110 valence electrons. The molecule has 1 aromatic carbocycles. The van der Waals surface area contributed by atoms with Crippen LogP contribution in [-0.2, 0) is 26.4 Å². The van der Waals surface area contributed by atoms with Crippen LogP contribution in [0.5, 0.6) is 0 Å². The van der Waals surface area contributed by atoms with Crippen LogP contribution in [0.25, 0.3) is 11.0 Å². The molecule has 0 spiro atoms. The molecule has 0 aliphatic carbocycles. The van der Waals surface area contributed by atoms with E-state index >= 15 is 0 Å². The molecule has 0 atom stereocenters. The van der Waals surface area contributed by atoms with Gasteiger partial charge in [-0.25, -0.2) is 4.98 Å². The van der Waals surface area contributed by atoms with Crippen molar-refractivity contribution in [2.75, 3.05) is 5.88 Å². The summed E-state index contributed by atoms with van der Waals surface area (Å²) in [6.07, 6.45) is 5.59. The number of halogens is 2. The number of benzene rings is 1. The molecule has 0 bridgehead atoms. The molecule has 6 heteroatoms. The van der Waals surface area contributed by atoms with Gasteiger partial charge >= 0.3 is 0 Å². The lowest BCUT2D eigenvalue weighted by atomic mass is 10.2. The molecule has 0 unspecified atom stereocenters. The fourth-order valence-corrected chi connectivity index (χ4v) is 2.85. The van der Waals surface area contributed by atoms with Gasteiger partial charge in [0.1, 0.15) is 5.82 Å². The molecular weight excluding hydrogens is 307 g/mol. The molecule has 4 nitrogen and oxygen atoms in total. The van der Waals surface area contributed by atoms with Gasteiger partial charge in [-0.1, -0.05) is 11.6 Å². The Labute approximate surface area is 133 Å². The average Bonchev–Trinajstić information content (AvgIpc) is 3.01. The first-order valence-electron chi connectivity index (χ1n) is 6.85. The lowest BCUT2D eigenvalue weighted by Crippen LogP contribution is -2.06. The number of hydrogen-bond acceptors (Lipinski definition) is 2. The van der Waals surface area contributed by atoms with Gasteiger partial charge in [0.05, 0.1) is 17.2 Å². The first-order chi connectivity index (χ1) is 10.2. The van der Waals surface area contributed by atoms with Crippen LogP contribution in [0.1, 0.15) is 11.4 Å². The topological polar surface area (TPSA) is 35.6 Å². The standard InChI is InChI=1S/C15H16Cl2N4/c1-20-10-11(9-18-20)5-7-21-14-8-12(17)2-3-13(14)19-15(21)4-6-16/h2-3,8-10H,4-7H2,1H3. The predicted molar refractivity (Wildman–Crippen MR) is 86.1 cm³/mol. The second kappa shape index (κ2) is 6.08. The molecule has 0 N–H and O–H groups in total. The van der Waals surface area contributed by atoms with E-state index < -0.39 is 0 Å². The van der Waals surface area contributed by atoms with E-state index in [4.69, 9.17) is 23.2 Å². The summed E-state index contributed by atoms with van der Waals surface area (Å²) in [4.78, 5) is 4.66. The number of alkyl halides is 1. The Hall–Kier alpha value is -1.52. The Morgan fingerprint density at radius 2 is 2.10 bits per heavy atom. The molecule has 21 heavy (non-hydrogen) atoms. The lowest BCUT2D eigenvalue weighted by molar-refractivity contribution is 0.674. The Balaban J connectivity index is 1.94. The van der Waals surface area contributed by atoms with Crippen LogP contribution in [0.15, 0.2) is 30.6 Å².